The Morgan fingerprint density at radius 1 is 1.25 bits per heavy atom. The van der Waals surface area contributed by atoms with Crippen LogP contribution < -0.4 is 5.32 Å². The highest BCUT2D eigenvalue weighted by Crippen LogP contribution is 2.17. The SMILES string of the molecule is Cc1cccc(C(=O)Nc2ccc(F)c(C#N)c2)c1C. The van der Waals surface area contributed by atoms with Gasteiger partial charge < -0.3 is 5.32 Å². The second-order valence-electron chi connectivity index (χ2n) is 4.51. The number of nitrogens with one attached hydrogen (secondary N) is 1. The molecule has 0 saturated heterocycles. The highest BCUT2D eigenvalue weighted by molar-refractivity contribution is 6.05. The normalized spacial score (nSPS) is 9.90. The smallest absolute Gasteiger partial charge is 0.255 e. The van der Waals surface area contributed by atoms with Crippen LogP contribution in [0, 0.1) is 31.0 Å². The number of benzene rings is 2. The Balaban J connectivity index is 2.29. The van der Waals surface area contributed by atoms with Crippen molar-refractivity contribution in [2.45, 2.75) is 13.8 Å². The van der Waals surface area contributed by atoms with Crippen molar-refractivity contribution in [3.05, 3.63) is 64.5 Å². The van der Waals surface area contributed by atoms with Gasteiger partial charge >= 0.3 is 0 Å². The highest BCUT2D eigenvalue weighted by Gasteiger charge is 2.11. The number of nitrogens with zero attached hydrogens (tertiary/aromatic N) is 1. The van der Waals surface area contributed by atoms with Crippen molar-refractivity contribution in [1.82, 2.24) is 0 Å². The number of rotatable bonds is 2. The van der Waals surface area contributed by atoms with Gasteiger partial charge in [0.1, 0.15) is 11.9 Å². The van der Waals surface area contributed by atoms with Crippen LogP contribution in [0.15, 0.2) is 36.4 Å². The van der Waals surface area contributed by atoms with E-state index in [4.69, 9.17) is 5.26 Å². The molecule has 0 aliphatic rings. The Morgan fingerprint density at radius 3 is 2.70 bits per heavy atom. The van der Waals surface area contributed by atoms with Crippen molar-refractivity contribution in [3.8, 4) is 6.07 Å². The van der Waals surface area contributed by atoms with E-state index in [1.165, 1.54) is 12.1 Å². The third-order valence-electron chi connectivity index (χ3n) is 3.19. The third-order valence-corrected chi connectivity index (χ3v) is 3.19. The van der Waals surface area contributed by atoms with Crippen LogP contribution >= 0.6 is 0 Å². The van der Waals surface area contributed by atoms with Crippen molar-refractivity contribution in [1.29, 1.82) is 5.26 Å². The molecule has 0 spiro atoms. The van der Waals surface area contributed by atoms with Crippen LogP contribution in [0.1, 0.15) is 27.0 Å². The van der Waals surface area contributed by atoms with Crippen LogP contribution in [-0.2, 0) is 0 Å². The summed E-state index contributed by atoms with van der Waals surface area (Å²) in [4.78, 5) is 12.2. The number of amides is 1. The van der Waals surface area contributed by atoms with E-state index in [0.717, 1.165) is 17.2 Å². The van der Waals surface area contributed by atoms with Crippen LogP contribution in [0.2, 0.25) is 0 Å². The molecule has 0 bridgehead atoms. The van der Waals surface area contributed by atoms with Crippen LogP contribution in [-0.4, -0.2) is 5.91 Å². The van der Waals surface area contributed by atoms with E-state index in [9.17, 15) is 9.18 Å². The Hall–Kier alpha value is -2.67. The Bertz CT molecular complexity index is 717. The van der Waals surface area contributed by atoms with Gasteiger partial charge in [0, 0.05) is 11.3 Å². The first-order valence-electron chi connectivity index (χ1n) is 6.10. The second-order valence-corrected chi connectivity index (χ2v) is 4.51. The molecular weight excluding hydrogens is 255 g/mol. The van der Waals surface area contributed by atoms with Crippen LogP contribution in [0.25, 0.3) is 0 Å². The zero-order valence-corrected chi connectivity index (χ0v) is 11.2. The molecule has 0 unspecified atom stereocenters. The van der Waals surface area contributed by atoms with Gasteiger partial charge in [-0.1, -0.05) is 12.1 Å². The molecule has 0 aromatic heterocycles. The molecule has 2 aromatic carbocycles. The number of carbonyl (C=O) groups is 1. The predicted molar refractivity (Wildman–Crippen MR) is 75.0 cm³/mol. The summed E-state index contributed by atoms with van der Waals surface area (Å²) >= 11 is 0. The van der Waals surface area contributed by atoms with Gasteiger partial charge in [-0.05, 0) is 49.2 Å². The highest BCUT2D eigenvalue weighted by atomic mass is 19.1. The monoisotopic (exact) mass is 268 g/mol. The number of hydrogen-bond acceptors (Lipinski definition) is 2. The van der Waals surface area contributed by atoms with Crippen molar-refractivity contribution < 1.29 is 9.18 Å². The fraction of sp³-hybridized carbons (Fsp3) is 0.125. The maximum absolute atomic E-state index is 13.2. The summed E-state index contributed by atoms with van der Waals surface area (Å²) in [6.07, 6.45) is 0. The molecule has 0 heterocycles. The number of carbonyl (C=O) groups excluding carboxylic acids is 1. The molecule has 1 N–H and O–H groups in total. The maximum Gasteiger partial charge on any atom is 0.255 e. The van der Waals surface area contributed by atoms with Crippen LogP contribution in [0.4, 0.5) is 10.1 Å². The first-order valence-corrected chi connectivity index (χ1v) is 6.10. The molecule has 2 rings (SSSR count). The van der Waals surface area contributed by atoms with Crippen molar-refractivity contribution in [3.63, 3.8) is 0 Å². The largest absolute Gasteiger partial charge is 0.322 e. The number of anilines is 1. The van der Waals surface area contributed by atoms with Crippen molar-refractivity contribution in [2.75, 3.05) is 5.32 Å². The van der Waals surface area contributed by atoms with E-state index in [-0.39, 0.29) is 11.5 Å². The third kappa shape index (κ3) is 2.67. The minimum absolute atomic E-state index is 0.0937. The molecule has 0 fully saturated rings. The predicted octanol–water partition coefficient (Wildman–Crippen LogP) is 3.57. The first-order chi connectivity index (χ1) is 9.52. The molecule has 2 aromatic rings. The molecule has 0 aliphatic heterocycles. The van der Waals surface area contributed by atoms with E-state index < -0.39 is 5.82 Å². The molecule has 4 heteroatoms. The van der Waals surface area contributed by atoms with Gasteiger partial charge in [-0.3, -0.25) is 4.79 Å². The minimum Gasteiger partial charge on any atom is -0.322 e. The summed E-state index contributed by atoms with van der Waals surface area (Å²) in [5.41, 5.74) is 2.78. The summed E-state index contributed by atoms with van der Waals surface area (Å²) in [7, 11) is 0. The zero-order valence-electron chi connectivity index (χ0n) is 11.2. The fourth-order valence-corrected chi connectivity index (χ4v) is 1.88. The lowest BCUT2D eigenvalue weighted by atomic mass is 10.0. The van der Waals surface area contributed by atoms with E-state index in [1.54, 1.807) is 12.1 Å². The summed E-state index contributed by atoms with van der Waals surface area (Å²) in [6, 6.07) is 11.1. The first kappa shape index (κ1) is 13.8. The summed E-state index contributed by atoms with van der Waals surface area (Å²) in [6.45, 7) is 3.80. The maximum atomic E-state index is 13.2. The van der Waals surface area contributed by atoms with Crippen LogP contribution in [0.5, 0.6) is 0 Å². The average Bonchev–Trinajstić information content (AvgIpc) is 2.43. The molecule has 3 nitrogen and oxygen atoms in total. The Kier molecular flexibility index (Phi) is 3.81. The van der Waals surface area contributed by atoms with Gasteiger partial charge in [-0.15, -0.1) is 0 Å². The minimum atomic E-state index is -0.600. The molecule has 0 aliphatic carbocycles. The van der Waals surface area contributed by atoms with E-state index >= 15 is 0 Å². The molecule has 0 atom stereocenters. The number of halogens is 1. The summed E-state index contributed by atoms with van der Waals surface area (Å²) < 4.78 is 13.2. The van der Waals surface area contributed by atoms with Gasteiger partial charge in [0.15, 0.2) is 0 Å². The molecule has 20 heavy (non-hydrogen) atoms. The molecule has 0 radical (unpaired) electrons. The van der Waals surface area contributed by atoms with Gasteiger partial charge in [0.25, 0.3) is 5.91 Å². The van der Waals surface area contributed by atoms with Gasteiger partial charge in [-0.2, -0.15) is 5.26 Å². The van der Waals surface area contributed by atoms with Crippen LogP contribution in [0.3, 0.4) is 0 Å². The summed E-state index contributed by atoms with van der Waals surface area (Å²) in [5.74, 6) is -0.876. The molecule has 0 saturated carbocycles. The van der Waals surface area contributed by atoms with Crippen molar-refractivity contribution in [2.24, 2.45) is 0 Å². The van der Waals surface area contributed by atoms with Gasteiger partial charge in [-0.25, -0.2) is 4.39 Å². The van der Waals surface area contributed by atoms with Gasteiger partial charge in [0.2, 0.25) is 0 Å². The van der Waals surface area contributed by atoms with E-state index in [2.05, 4.69) is 5.32 Å². The topological polar surface area (TPSA) is 52.9 Å². The number of aryl methyl sites for hydroxylation is 1. The fourth-order valence-electron chi connectivity index (χ4n) is 1.88. The van der Waals surface area contributed by atoms with Crippen molar-refractivity contribution >= 4 is 11.6 Å². The zero-order chi connectivity index (χ0) is 14.7. The second kappa shape index (κ2) is 5.54. The average molecular weight is 268 g/mol. The summed E-state index contributed by atoms with van der Waals surface area (Å²) in [5, 5.41) is 11.4. The lowest BCUT2D eigenvalue weighted by molar-refractivity contribution is 0.102. The quantitative estimate of drug-likeness (QED) is 0.905. The Labute approximate surface area is 116 Å². The lowest BCUT2D eigenvalue weighted by Gasteiger charge is -2.09. The van der Waals surface area contributed by atoms with E-state index in [0.29, 0.717) is 11.3 Å². The standard InChI is InChI=1S/C16H13FN2O/c1-10-4-3-5-14(11(10)2)16(20)19-13-6-7-15(17)12(8-13)9-18/h3-8H,1-2H3,(H,19,20). The molecule has 100 valence electrons. The Morgan fingerprint density at radius 2 is 2.00 bits per heavy atom. The molecular formula is C16H13FN2O. The number of hydrogen-bond donors (Lipinski definition) is 1. The lowest BCUT2D eigenvalue weighted by Crippen LogP contribution is -2.14. The molecule has 1 amide bonds. The van der Waals surface area contributed by atoms with E-state index in [1.807, 2.05) is 26.0 Å². The number of nitriles is 1. The van der Waals surface area contributed by atoms with Gasteiger partial charge in [0.05, 0.1) is 5.56 Å².